The molecule has 0 saturated heterocycles. The summed E-state index contributed by atoms with van der Waals surface area (Å²) >= 11 is 0. The lowest BCUT2D eigenvalue weighted by molar-refractivity contribution is 0.188. The van der Waals surface area contributed by atoms with Gasteiger partial charge in [-0.15, -0.1) is 0 Å². The molecule has 0 rings (SSSR count). The summed E-state index contributed by atoms with van der Waals surface area (Å²) in [7, 11) is -1.86. The Labute approximate surface area is 167 Å². The predicted molar refractivity (Wildman–Crippen MR) is 119 cm³/mol. The molecule has 2 nitrogen and oxygen atoms in total. The Bertz CT molecular complexity index is 265. The summed E-state index contributed by atoms with van der Waals surface area (Å²) in [5.74, 6) is 0. The summed E-state index contributed by atoms with van der Waals surface area (Å²) in [6.45, 7) is 10.3. The molecule has 0 saturated carbocycles. The highest BCUT2D eigenvalue weighted by Gasteiger charge is 2.29. The molecule has 0 aliphatic carbocycles. The fourth-order valence-electron chi connectivity index (χ4n) is 3.79. The van der Waals surface area contributed by atoms with E-state index in [1.54, 1.807) is 0 Å². The first kappa shape index (κ1) is 26.1. The van der Waals surface area contributed by atoms with Gasteiger partial charge in [0, 0.05) is 13.2 Å². The quantitative estimate of drug-likeness (QED) is 0.146. The molecule has 0 aliphatic heterocycles. The molecule has 0 aromatic rings. The maximum Gasteiger partial charge on any atom is 0.334 e. The van der Waals surface area contributed by atoms with Crippen LogP contribution < -0.4 is 0 Å². The number of rotatable bonds is 21. The second-order valence-electron chi connectivity index (χ2n) is 8.05. The van der Waals surface area contributed by atoms with E-state index in [4.69, 9.17) is 8.85 Å². The van der Waals surface area contributed by atoms with Gasteiger partial charge in [-0.05, 0) is 26.4 Å². The van der Waals surface area contributed by atoms with E-state index >= 15 is 0 Å². The smallest absolute Gasteiger partial charge is 0.334 e. The SMILES string of the molecule is CCCCCCCCCCCCCCCCCC[Si](C)(OCC)OCC. The van der Waals surface area contributed by atoms with E-state index in [1.807, 2.05) is 0 Å². The summed E-state index contributed by atoms with van der Waals surface area (Å²) in [5, 5.41) is 0. The Morgan fingerprint density at radius 3 is 1.08 bits per heavy atom. The molecule has 0 atom stereocenters. The normalized spacial score (nSPS) is 12.0. The van der Waals surface area contributed by atoms with Crippen LogP contribution in [0.4, 0.5) is 0 Å². The molecular formula is C23H50O2Si. The van der Waals surface area contributed by atoms with E-state index in [1.165, 1.54) is 103 Å². The Kier molecular flexibility index (Phi) is 20.0. The maximum absolute atomic E-state index is 5.91. The largest absolute Gasteiger partial charge is 0.395 e. The molecule has 26 heavy (non-hydrogen) atoms. The summed E-state index contributed by atoms with van der Waals surface area (Å²) in [4.78, 5) is 0. The van der Waals surface area contributed by atoms with E-state index in [2.05, 4.69) is 27.3 Å². The Morgan fingerprint density at radius 1 is 0.462 bits per heavy atom. The van der Waals surface area contributed by atoms with Gasteiger partial charge in [-0.3, -0.25) is 0 Å². The van der Waals surface area contributed by atoms with E-state index in [0.29, 0.717) is 0 Å². The second-order valence-corrected chi connectivity index (χ2v) is 11.4. The lowest BCUT2D eigenvalue weighted by Gasteiger charge is -2.25. The van der Waals surface area contributed by atoms with Crippen molar-refractivity contribution in [3.63, 3.8) is 0 Å². The van der Waals surface area contributed by atoms with Gasteiger partial charge >= 0.3 is 8.56 Å². The molecule has 0 heterocycles. The molecule has 0 aromatic heterocycles. The number of hydrogen-bond acceptors (Lipinski definition) is 2. The second kappa shape index (κ2) is 19.9. The molecular weight excluding hydrogens is 336 g/mol. The monoisotopic (exact) mass is 386 g/mol. The zero-order valence-electron chi connectivity index (χ0n) is 18.8. The zero-order chi connectivity index (χ0) is 19.3. The average Bonchev–Trinajstić information content (AvgIpc) is 2.62. The number of unbranched alkanes of at least 4 members (excludes halogenated alkanes) is 15. The molecule has 3 heteroatoms. The molecule has 0 aromatic carbocycles. The average molecular weight is 387 g/mol. The van der Waals surface area contributed by atoms with Crippen LogP contribution in [0.15, 0.2) is 0 Å². The van der Waals surface area contributed by atoms with Gasteiger partial charge in [0.2, 0.25) is 0 Å². The minimum Gasteiger partial charge on any atom is -0.395 e. The van der Waals surface area contributed by atoms with Crippen molar-refractivity contribution in [1.82, 2.24) is 0 Å². The summed E-state index contributed by atoms with van der Waals surface area (Å²) in [5.41, 5.74) is 0. The first-order valence-electron chi connectivity index (χ1n) is 12.0. The fourth-order valence-corrected chi connectivity index (χ4v) is 6.28. The molecule has 0 amide bonds. The van der Waals surface area contributed by atoms with Gasteiger partial charge in [0.1, 0.15) is 0 Å². The van der Waals surface area contributed by atoms with E-state index in [-0.39, 0.29) is 0 Å². The van der Waals surface area contributed by atoms with Crippen molar-refractivity contribution >= 4 is 8.56 Å². The van der Waals surface area contributed by atoms with E-state index in [0.717, 1.165) is 19.3 Å². The summed E-state index contributed by atoms with van der Waals surface area (Å²) in [6.07, 6.45) is 22.8. The molecule has 158 valence electrons. The first-order chi connectivity index (χ1) is 12.7. The maximum atomic E-state index is 5.91. The third-order valence-electron chi connectivity index (χ3n) is 5.38. The predicted octanol–water partition coefficient (Wildman–Crippen LogP) is 8.39. The standard InChI is InChI=1S/C23H50O2Si/c1-5-8-9-10-11-12-13-14-15-16-17-18-19-20-21-22-23-26(4,24-6-2)25-7-3/h5-23H2,1-4H3. The lowest BCUT2D eigenvalue weighted by atomic mass is 10.0. The van der Waals surface area contributed by atoms with Crippen LogP contribution in [0.25, 0.3) is 0 Å². The van der Waals surface area contributed by atoms with Gasteiger partial charge in [-0.1, -0.05) is 110 Å². The fraction of sp³-hybridized carbons (Fsp3) is 1.00. The zero-order valence-corrected chi connectivity index (χ0v) is 19.8. The lowest BCUT2D eigenvalue weighted by Crippen LogP contribution is -2.38. The van der Waals surface area contributed by atoms with Crippen molar-refractivity contribution in [3.05, 3.63) is 0 Å². The third kappa shape index (κ3) is 17.5. The van der Waals surface area contributed by atoms with E-state index in [9.17, 15) is 0 Å². The van der Waals surface area contributed by atoms with Gasteiger partial charge in [-0.25, -0.2) is 0 Å². The van der Waals surface area contributed by atoms with Crippen molar-refractivity contribution in [1.29, 1.82) is 0 Å². The van der Waals surface area contributed by atoms with Crippen LogP contribution in [0.5, 0.6) is 0 Å². The Balaban J connectivity index is 3.26. The van der Waals surface area contributed by atoms with Crippen molar-refractivity contribution < 1.29 is 8.85 Å². The topological polar surface area (TPSA) is 18.5 Å². The van der Waals surface area contributed by atoms with Crippen LogP contribution in [0.3, 0.4) is 0 Å². The van der Waals surface area contributed by atoms with Crippen molar-refractivity contribution in [2.75, 3.05) is 13.2 Å². The first-order valence-corrected chi connectivity index (χ1v) is 14.5. The van der Waals surface area contributed by atoms with Crippen LogP contribution >= 0.6 is 0 Å². The van der Waals surface area contributed by atoms with Crippen molar-refractivity contribution in [2.24, 2.45) is 0 Å². The van der Waals surface area contributed by atoms with Gasteiger partial charge in [0.05, 0.1) is 0 Å². The van der Waals surface area contributed by atoms with Crippen molar-refractivity contribution in [2.45, 2.75) is 136 Å². The van der Waals surface area contributed by atoms with Crippen LogP contribution in [0, 0.1) is 0 Å². The number of hydrogen-bond donors (Lipinski definition) is 0. The third-order valence-corrected chi connectivity index (χ3v) is 8.44. The Morgan fingerprint density at radius 2 is 0.769 bits per heavy atom. The summed E-state index contributed by atoms with van der Waals surface area (Å²) in [6, 6.07) is 1.16. The molecule has 0 radical (unpaired) electrons. The van der Waals surface area contributed by atoms with Crippen LogP contribution in [0.1, 0.15) is 124 Å². The molecule has 0 spiro atoms. The Hall–Kier alpha value is 0.137. The highest BCUT2D eigenvalue weighted by molar-refractivity contribution is 6.66. The minimum atomic E-state index is -1.86. The molecule has 0 N–H and O–H groups in total. The molecule has 0 bridgehead atoms. The molecule has 0 aliphatic rings. The van der Waals surface area contributed by atoms with Gasteiger partial charge < -0.3 is 8.85 Å². The van der Waals surface area contributed by atoms with Crippen LogP contribution in [0.2, 0.25) is 12.6 Å². The minimum absolute atomic E-state index is 0.793. The van der Waals surface area contributed by atoms with Gasteiger partial charge in [0.25, 0.3) is 0 Å². The van der Waals surface area contributed by atoms with Gasteiger partial charge in [0.15, 0.2) is 0 Å². The van der Waals surface area contributed by atoms with Crippen molar-refractivity contribution in [3.8, 4) is 0 Å². The van der Waals surface area contributed by atoms with Crippen LogP contribution in [-0.4, -0.2) is 21.8 Å². The highest BCUT2D eigenvalue weighted by Crippen LogP contribution is 2.19. The highest BCUT2D eigenvalue weighted by atomic mass is 28.4. The summed E-state index contributed by atoms with van der Waals surface area (Å²) < 4.78 is 11.8. The molecule has 0 fully saturated rings. The van der Waals surface area contributed by atoms with Gasteiger partial charge in [-0.2, -0.15) is 0 Å². The molecule has 0 unspecified atom stereocenters. The van der Waals surface area contributed by atoms with Crippen LogP contribution in [-0.2, 0) is 8.85 Å². The van der Waals surface area contributed by atoms with E-state index < -0.39 is 8.56 Å².